The molecule has 0 bridgehead atoms. The van der Waals surface area contributed by atoms with Crippen molar-refractivity contribution in [2.24, 2.45) is 5.16 Å². The SMILES string of the molecule is CCN1C(=O)OC(=Cc2ccc3c(c2)c2cc(C(C)=NOC(C)=O)ccc2n3CC)C1=O. The van der Waals surface area contributed by atoms with E-state index in [1.807, 2.05) is 36.4 Å². The summed E-state index contributed by atoms with van der Waals surface area (Å²) >= 11 is 0. The highest BCUT2D eigenvalue weighted by molar-refractivity contribution is 6.13. The van der Waals surface area contributed by atoms with Gasteiger partial charge in [-0.05, 0) is 62.2 Å². The Bertz CT molecular complexity index is 1330. The van der Waals surface area contributed by atoms with Gasteiger partial charge in [-0.25, -0.2) is 14.5 Å². The molecule has 4 rings (SSSR count). The molecule has 2 heterocycles. The molecule has 1 aliphatic rings. The Labute approximate surface area is 184 Å². The minimum Gasteiger partial charge on any atom is -0.404 e. The number of imide groups is 1. The van der Waals surface area contributed by atoms with Gasteiger partial charge >= 0.3 is 12.1 Å². The smallest absolute Gasteiger partial charge is 0.404 e. The molecule has 0 N–H and O–H groups in total. The molecule has 8 heteroatoms. The van der Waals surface area contributed by atoms with Crippen LogP contribution in [0.2, 0.25) is 0 Å². The predicted molar refractivity (Wildman–Crippen MR) is 121 cm³/mol. The van der Waals surface area contributed by atoms with Gasteiger partial charge in [-0.2, -0.15) is 0 Å². The number of oxime groups is 1. The zero-order valence-electron chi connectivity index (χ0n) is 18.3. The summed E-state index contributed by atoms with van der Waals surface area (Å²) in [6.07, 6.45) is 0.932. The maximum atomic E-state index is 12.4. The number of hydrogen-bond acceptors (Lipinski definition) is 6. The van der Waals surface area contributed by atoms with Gasteiger partial charge in [0.15, 0.2) is 5.76 Å². The van der Waals surface area contributed by atoms with Crippen LogP contribution in [0, 0.1) is 0 Å². The predicted octanol–water partition coefficient (Wildman–Crippen LogP) is 4.44. The number of hydrogen-bond donors (Lipinski definition) is 0. The first-order valence-corrected chi connectivity index (χ1v) is 10.4. The maximum Gasteiger partial charge on any atom is 0.422 e. The van der Waals surface area contributed by atoms with Gasteiger partial charge in [0.25, 0.3) is 5.91 Å². The third-order valence-corrected chi connectivity index (χ3v) is 5.42. The van der Waals surface area contributed by atoms with Gasteiger partial charge in [0, 0.05) is 41.8 Å². The van der Waals surface area contributed by atoms with Crippen molar-refractivity contribution in [2.75, 3.05) is 6.54 Å². The van der Waals surface area contributed by atoms with Crippen molar-refractivity contribution >= 4 is 51.6 Å². The van der Waals surface area contributed by atoms with Gasteiger partial charge in [0.2, 0.25) is 0 Å². The number of cyclic esters (lactones) is 1. The zero-order valence-corrected chi connectivity index (χ0v) is 18.3. The number of aryl methyl sites for hydroxylation is 1. The lowest BCUT2D eigenvalue weighted by Gasteiger charge is -2.04. The molecule has 2 aromatic carbocycles. The van der Waals surface area contributed by atoms with Crippen molar-refractivity contribution in [3.05, 3.63) is 53.3 Å². The Kier molecular flexibility index (Phi) is 5.52. The Balaban J connectivity index is 1.83. The molecule has 1 aromatic heterocycles. The summed E-state index contributed by atoms with van der Waals surface area (Å²) in [5, 5.41) is 5.87. The van der Waals surface area contributed by atoms with E-state index in [9.17, 15) is 14.4 Å². The monoisotopic (exact) mass is 433 g/mol. The van der Waals surface area contributed by atoms with Crippen LogP contribution in [0.25, 0.3) is 27.9 Å². The Morgan fingerprint density at radius 3 is 2.34 bits per heavy atom. The average molecular weight is 433 g/mol. The van der Waals surface area contributed by atoms with Gasteiger partial charge in [-0.3, -0.25) is 4.79 Å². The molecule has 0 aliphatic carbocycles. The first-order valence-electron chi connectivity index (χ1n) is 10.4. The molecule has 0 radical (unpaired) electrons. The highest BCUT2D eigenvalue weighted by Gasteiger charge is 2.35. The standard InChI is InChI=1S/C24H23N3O5/c1-5-26-20-9-7-16(12-22-23(29)27(6-2)24(30)31-22)11-18(20)19-13-17(8-10-21(19)26)14(3)25-32-15(4)28/h7-13H,5-6H2,1-4H3. The molecule has 0 saturated carbocycles. The average Bonchev–Trinajstić information content (AvgIpc) is 3.23. The first kappa shape index (κ1) is 21.3. The van der Waals surface area contributed by atoms with Gasteiger partial charge in [0.05, 0.1) is 5.71 Å². The summed E-state index contributed by atoms with van der Waals surface area (Å²) in [5.74, 6) is -0.900. The summed E-state index contributed by atoms with van der Waals surface area (Å²) in [6.45, 7) is 7.91. The Morgan fingerprint density at radius 1 is 1.03 bits per heavy atom. The van der Waals surface area contributed by atoms with Crippen molar-refractivity contribution < 1.29 is 24.0 Å². The number of nitrogens with zero attached hydrogens (tertiary/aromatic N) is 3. The van der Waals surface area contributed by atoms with Crippen molar-refractivity contribution in [3.8, 4) is 0 Å². The van der Waals surface area contributed by atoms with Crippen LogP contribution < -0.4 is 0 Å². The molecule has 0 spiro atoms. The first-order chi connectivity index (χ1) is 15.3. The van der Waals surface area contributed by atoms with Crippen LogP contribution in [-0.4, -0.2) is 39.7 Å². The second-order valence-corrected chi connectivity index (χ2v) is 7.44. The van der Waals surface area contributed by atoms with E-state index in [1.165, 1.54) is 6.92 Å². The molecule has 164 valence electrons. The van der Waals surface area contributed by atoms with Crippen LogP contribution in [0.15, 0.2) is 47.3 Å². The highest BCUT2D eigenvalue weighted by atomic mass is 16.7. The van der Waals surface area contributed by atoms with Crippen LogP contribution >= 0.6 is 0 Å². The molecular formula is C24H23N3O5. The molecule has 3 aromatic rings. The number of carbonyl (C=O) groups excluding carboxylic acids is 3. The van der Waals surface area contributed by atoms with Crippen LogP contribution in [0.4, 0.5) is 4.79 Å². The zero-order chi connectivity index (χ0) is 23.0. The fraction of sp³-hybridized carbons (Fsp3) is 0.250. The molecule has 1 aliphatic heterocycles. The Morgan fingerprint density at radius 2 is 1.72 bits per heavy atom. The van der Waals surface area contributed by atoms with E-state index >= 15 is 0 Å². The molecule has 0 unspecified atom stereocenters. The minimum atomic E-state index is -0.653. The second kappa shape index (κ2) is 8.30. The lowest BCUT2D eigenvalue weighted by molar-refractivity contribution is -0.140. The van der Waals surface area contributed by atoms with Crippen molar-refractivity contribution in [1.82, 2.24) is 9.47 Å². The van der Waals surface area contributed by atoms with E-state index in [1.54, 1.807) is 19.9 Å². The lowest BCUT2D eigenvalue weighted by atomic mass is 10.0. The van der Waals surface area contributed by atoms with Crippen molar-refractivity contribution in [1.29, 1.82) is 0 Å². The third kappa shape index (κ3) is 3.64. The van der Waals surface area contributed by atoms with Crippen LogP contribution in [-0.2, 0) is 25.7 Å². The van der Waals surface area contributed by atoms with E-state index in [0.29, 0.717) is 5.71 Å². The van der Waals surface area contributed by atoms with Gasteiger partial charge < -0.3 is 14.1 Å². The van der Waals surface area contributed by atoms with Gasteiger partial charge in [0.1, 0.15) is 0 Å². The number of carbonyl (C=O) groups is 3. The number of ether oxygens (including phenoxy) is 1. The van der Waals surface area contributed by atoms with Gasteiger partial charge in [-0.15, -0.1) is 0 Å². The highest BCUT2D eigenvalue weighted by Crippen LogP contribution is 2.32. The van der Waals surface area contributed by atoms with Crippen molar-refractivity contribution in [3.63, 3.8) is 0 Å². The molecule has 8 nitrogen and oxygen atoms in total. The quantitative estimate of drug-likeness (QED) is 0.257. The van der Waals surface area contributed by atoms with E-state index in [0.717, 1.165) is 44.4 Å². The number of amides is 2. The topological polar surface area (TPSA) is 90.2 Å². The summed E-state index contributed by atoms with van der Waals surface area (Å²) in [7, 11) is 0. The maximum absolute atomic E-state index is 12.4. The Hall–Kier alpha value is -3.94. The van der Waals surface area contributed by atoms with E-state index in [2.05, 4.69) is 16.6 Å². The van der Waals surface area contributed by atoms with Crippen LogP contribution in [0.1, 0.15) is 38.8 Å². The van der Waals surface area contributed by atoms with E-state index < -0.39 is 18.0 Å². The van der Waals surface area contributed by atoms with E-state index in [-0.39, 0.29) is 12.3 Å². The lowest BCUT2D eigenvalue weighted by Crippen LogP contribution is -2.28. The summed E-state index contributed by atoms with van der Waals surface area (Å²) < 4.78 is 7.34. The molecular weight excluding hydrogens is 410 g/mol. The molecule has 1 fully saturated rings. The molecule has 1 saturated heterocycles. The van der Waals surface area contributed by atoms with Crippen LogP contribution in [0.5, 0.6) is 0 Å². The second-order valence-electron chi connectivity index (χ2n) is 7.44. The van der Waals surface area contributed by atoms with E-state index in [4.69, 9.17) is 9.57 Å². The summed E-state index contributed by atoms with van der Waals surface area (Å²) in [4.78, 5) is 41.1. The number of rotatable bonds is 5. The number of aromatic nitrogens is 1. The molecule has 2 amide bonds. The van der Waals surface area contributed by atoms with Crippen molar-refractivity contribution in [2.45, 2.75) is 34.2 Å². The van der Waals surface area contributed by atoms with Crippen LogP contribution in [0.3, 0.4) is 0 Å². The third-order valence-electron chi connectivity index (χ3n) is 5.42. The molecule has 0 atom stereocenters. The minimum absolute atomic E-state index is 0.0143. The summed E-state index contributed by atoms with van der Waals surface area (Å²) in [6, 6.07) is 11.8. The largest absolute Gasteiger partial charge is 0.422 e. The number of benzene rings is 2. The fourth-order valence-electron chi connectivity index (χ4n) is 3.89. The normalized spacial score (nSPS) is 15.8. The number of fused-ring (bicyclic) bond motifs is 3. The number of likely N-dealkylation sites (N-methyl/N-ethyl adjacent to an activating group) is 1. The van der Waals surface area contributed by atoms with Gasteiger partial charge in [-0.1, -0.05) is 17.3 Å². The summed E-state index contributed by atoms with van der Waals surface area (Å²) in [5.41, 5.74) is 4.26. The fourth-order valence-corrected chi connectivity index (χ4v) is 3.89. The molecule has 32 heavy (non-hydrogen) atoms.